The molecule has 0 saturated carbocycles. The summed E-state index contributed by atoms with van der Waals surface area (Å²) in [6.07, 6.45) is 0.969. The van der Waals surface area contributed by atoms with E-state index in [1.165, 1.54) is 12.1 Å². The van der Waals surface area contributed by atoms with E-state index < -0.39 is 9.84 Å². The van der Waals surface area contributed by atoms with Gasteiger partial charge in [-0.3, -0.25) is 14.5 Å². The molecule has 7 nitrogen and oxygen atoms in total. The molecule has 0 aliphatic carbocycles. The first kappa shape index (κ1) is 23.8. The predicted molar refractivity (Wildman–Crippen MR) is 130 cm³/mol. The largest absolute Gasteiger partial charge is 0.490 e. The number of ether oxygens (including phenoxy) is 1. The van der Waals surface area contributed by atoms with Crippen LogP contribution in [0.5, 0.6) is 5.75 Å². The molecule has 0 radical (unpaired) electrons. The molecule has 0 unspecified atom stereocenters. The standard InChI is InChI=1S/C25H23ClN2O5S/c26-18-8-10-19(11-9-18)34(31,32)15-3-4-17-7-12-23(22(27)16-17)33-14-13-28-24(29)20-5-1-2-6-21(20)25(28)30/h1-2,5-12,16H,3-4,13-15,27H2. The van der Waals surface area contributed by atoms with E-state index in [0.29, 0.717) is 40.4 Å². The van der Waals surface area contributed by atoms with Crippen molar-refractivity contribution in [1.29, 1.82) is 0 Å². The first-order valence-electron chi connectivity index (χ1n) is 10.7. The number of hydrogen-bond donors (Lipinski definition) is 1. The van der Waals surface area contributed by atoms with Crippen LogP contribution in [0.2, 0.25) is 5.02 Å². The second-order valence-corrected chi connectivity index (χ2v) is 10.5. The summed E-state index contributed by atoms with van der Waals surface area (Å²) in [7, 11) is -3.39. The van der Waals surface area contributed by atoms with E-state index in [1.807, 2.05) is 6.07 Å². The number of sulfone groups is 1. The molecule has 1 aliphatic heterocycles. The molecule has 1 aliphatic rings. The molecule has 0 saturated heterocycles. The average Bonchev–Trinajstić information content (AvgIpc) is 3.05. The van der Waals surface area contributed by atoms with E-state index in [2.05, 4.69) is 0 Å². The zero-order chi connectivity index (χ0) is 24.3. The molecule has 0 bridgehead atoms. The maximum Gasteiger partial charge on any atom is 0.261 e. The van der Waals surface area contributed by atoms with Crippen LogP contribution in [-0.4, -0.2) is 44.0 Å². The van der Waals surface area contributed by atoms with E-state index in [4.69, 9.17) is 22.1 Å². The highest BCUT2D eigenvalue weighted by Gasteiger charge is 2.34. The normalized spacial score (nSPS) is 13.3. The molecule has 176 valence electrons. The van der Waals surface area contributed by atoms with Gasteiger partial charge in [-0.15, -0.1) is 0 Å². The van der Waals surface area contributed by atoms with Gasteiger partial charge in [0.1, 0.15) is 12.4 Å². The number of nitrogen functional groups attached to an aromatic ring is 1. The number of fused-ring (bicyclic) bond motifs is 1. The molecule has 2 amide bonds. The van der Waals surface area contributed by atoms with E-state index in [1.54, 1.807) is 48.5 Å². The molecule has 0 atom stereocenters. The van der Waals surface area contributed by atoms with Crippen molar-refractivity contribution in [3.05, 3.63) is 88.4 Å². The minimum atomic E-state index is -3.39. The minimum absolute atomic E-state index is 0.00701. The summed E-state index contributed by atoms with van der Waals surface area (Å²) in [6, 6.07) is 18.1. The van der Waals surface area contributed by atoms with Crippen LogP contribution >= 0.6 is 11.6 Å². The SMILES string of the molecule is Nc1cc(CCCS(=O)(=O)c2ccc(Cl)cc2)ccc1OCCN1C(=O)c2ccccc2C1=O. The van der Waals surface area contributed by atoms with Crippen LogP contribution in [0.25, 0.3) is 0 Å². The summed E-state index contributed by atoms with van der Waals surface area (Å²) in [6.45, 7) is 0.213. The van der Waals surface area contributed by atoms with Crippen LogP contribution in [0.4, 0.5) is 5.69 Å². The topological polar surface area (TPSA) is 107 Å². The predicted octanol–water partition coefficient (Wildman–Crippen LogP) is 4.00. The highest BCUT2D eigenvalue weighted by Crippen LogP contribution is 2.25. The van der Waals surface area contributed by atoms with Crippen LogP contribution in [0.15, 0.2) is 71.6 Å². The summed E-state index contributed by atoms with van der Waals surface area (Å²) in [4.78, 5) is 26.2. The number of rotatable bonds is 9. The molecular formula is C25H23ClN2O5S. The van der Waals surface area contributed by atoms with Crippen LogP contribution in [0, 0.1) is 0 Å². The first-order valence-corrected chi connectivity index (χ1v) is 12.7. The van der Waals surface area contributed by atoms with Gasteiger partial charge in [-0.2, -0.15) is 0 Å². The lowest BCUT2D eigenvalue weighted by molar-refractivity contribution is 0.0631. The Morgan fingerprint density at radius 3 is 2.18 bits per heavy atom. The Labute approximate surface area is 203 Å². The molecule has 0 aromatic heterocycles. The molecular weight excluding hydrogens is 476 g/mol. The maximum atomic E-state index is 12.5. The number of nitrogens with zero attached hydrogens (tertiary/aromatic N) is 1. The molecule has 3 aromatic rings. The van der Waals surface area contributed by atoms with Crippen molar-refractivity contribution in [2.75, 3.05) is 24.6 Å². The Bertz CT molecular complexity index is 1300. The third-order valence-electron chi connectivity index (χ3n) is 5.58. The molecule has 0 spiro atoms. The van der Waals surface area contributed by atoms with Crippen molar-refractivity contribution in [3.63, 3.8) is 0 Å². The quantitative estimate of drug-likeness (QED) is 0.353. The number of halogens is 1. The lowest BCUT2D eigenvalue weighted by Gasteiger charge is -2.15. The average molecular weight is 499 g/mol. The minimum Gasteiger partial charge on any atom is -0.490 e. The highest BCUT2D eigenvalue weighted by atomic mass is 35.5. The van der Waals surface area contributed by atoms with Crippen molar-refractivity contribution in [2.24, 2.45) is 0 Å². The van der Waals surface area contributed by atoms with Gasteiger partial charge in [0, 0.05) is 5.02 Å². The Morgan fingerprint density at radius 1 is 0.912 bits per heavy atom. The molecule has 1 heterocycles. The first-order chi connectivity index (χ1) is 16.3. The summed E-state index contributed by atoms with van der Waals surface area (Å²) in [5, 5.41) is 0.487. The fourth-order valence-electron chi connectivity index (χ4n) is 3.80. The summed E-state index contributed by atoms with van der Waals surface area (Å²) >= 11 is 5.82. The summed E-state index contributed by atoms with van der Waals surface area (Å²) in [5.41, 5.74) is 8.18. The smallest absolute Gasteiger partial charge is 0.261 e. The number of carbonyl (C=O) groups excluding carboxylic acids is 2. The number of imide groups is 1. The number of aryl methyl sites for hydroxylation is 1. The molecule has 34 heavy (non-hydrogen) atoms. The third-order valence-corrected chi connectivity index (χ3v) is 7.64. The van der Waals surface area contributed by atoms with Crippen molar-refractivity contribution < 1.29 is 22.7 Å². The van der Waals surface area contributed by atoms with E-state index in [9.17, 15) is 18.0 Å². The van der Waals surface area contributed by atoms with Gasteiger partial charge in [0.15, 0.2) is 9.84 Å². The van der Waals surface area contributed by atoms with Crippen LogP contribution in [-0.2, 0) is 16.3 Å². The van der Waals surface area contributed by atoms with E-state index >= 15 is 0 Å². The molecule has 0 fully saturated rings. The number of carbonyl (C=O) groups is 2. The van der Waals surface area contributed by atoms with Crippen molar-refractivity contribution in [2.45, 2.75) is 17.7 Å². The Balaban J connectivity index is 1.28. The highest BCUT2D eigenvalue weighted by molar-refractivity contribution is 7.91. The van der Waals surface area contributed by atoms with E-state index in [-0.39, 0.29) is 35.6 Å². The van der Waals surface area contributed by atoms with Crippen molar-refractivity contribution >= 4 is 38.9 Å². The second-order valence-electron chi connectivity index (χ2n) is 7.90. The van der Waals surface area contributed by atoms with Gasteiger partial charge in [-0.1, -0.05) is 29.8 Å². The van der Waals surface area contributed by atoms with Crippen LogP contribution < -0.4 is 10.5 Å². The zero-order valence-electron chi connectivity index (χ0n) is 18.2. The summed E-state index contributed by atoms with van der Waals surface area (Å²) in [5.74, 6) is -0.219. The fourth-order valence-corrected chi connectivity index (χ4v) is 5.24. The third kappa shape index (κ3) is 5.08. The monoisotopic (exact) mass is 498 g/mol. The molecule has 3 aromatic carbocycles. The molecule has 4 rings (SSSR count). The Morgan fingerprint density at radius 2 is 1.56 bits per heavy atom. The Kier molecular flexibility index (Phi) is 6.90. The second kappa shape index (κ2) is 9.87. The molecule has 9 heteroatoms. The lowest BCUT2D eigenvalue weighted by Crippen LogP contribution is -2.33. The maximum absolute atomic E-state index is 12.5. The summed E-state index contributed by atoms with van der Waals surface area (Å²) < 4.78 is 30.6. The van der Waals surface area contributed by atoms with Gasteiger partial charge in [-0.05, 0) is 66.9 Å². The van der Waals surface area contributed by atoms with Crippen molar-refractivity contribution in [1.82, 2.24) is 4.90 Å². The van der Waals surface area contributed by atoms with Gasteiger partial charge < -0.3 is 10.5 Å². The van der Waals surface area contributed by atoms with Crippen LogP contribution in [0.3, 0.4) is 0 Å². The van der Waals surface area contributed by atoms with E-state index in [0.717, 1.165) is 10.5 Å². The molecule has 2 N–H and O–H groups in total. The zero-order valence-corrected chi connectivity index (χ0v) is 19.8. The number of benzene rings is 3. The number of hydrogen-bond acceptors (Lipinski definition) is 6. The number of anilines is 1. The van der Waals surface area contributed by atoms with Gasteiger partial charge >= 0.3 is 0 Å². The number of nitrogens with two attached hydrogens (primary N) is 1. The van der Waals surface area contributed by atoms with Gasteiger partial charge in [0.2, 0.25) is 0 Å². The Hall–Kier alpha value is -3.36. The van der Waals surface area contributed by atoms with Gasteiger partial charge in [0.25, 0.3) is 11.8 Å². The fraction of sp³-hybridized carbons (Fsp3) is 0.200. The van der Waals surface area contributed by atoms with Gasteiger partial charge in [-0.25, -0.2) is 8.42 Å². The number of amides is 2. The van der Waals surface area contributed by atoms with Crippen molar-refractivity contribution in [3.8, 4) is 5.75 Å². The lowest BCUT2D eigenvalue weighted by atomic mass is 10.1. The van der Waals surface area contributed by atoms with Gasteiger partial charge in [0.05, 0.1) is 34.0 Å². The van der Waals surface area contributed by atoms with Crippen LogP contribution in [0.1, 0.15) is 32.7 Å².